The monoisotopic (exact) mass is 438 g/mol. The van der Waals surface area contributed by atoms with Gasteiger partial charge in [0.25, 0.3) is 5.91 Å². The van der Waals surface area contributed by atoms with Crippen LogP contribution < -0.4 is 15.4 Å². The molecule has 4 rings (SSSR count). The van der Waals surface area contributed by atoms with Crippen molar-refractivity contribution in [2.24, 2.45) is 11.8 Å². The van der Waals surface area contributed by atoms with E-state index in [1.165, 1.54) is 0 Å². The molecule has 0 aromatic heterocycles. The van der Waals surface area contributed by atoms with Gasteiger partial charge in [0.05, 0.1) is 25.3 Å². The first kappa shape index (κ1) is 22.3. The molecule has 5 atom stereocenters. The highest BCUT2D eigenvalue weighted by atomic mass is 16.6. The zero-order valence-corrected chi connectivity index (χ0v) is 18.6. The van der Waals surface area contributed by atoms with Crippen LogP contribution in [0.15, 0.2) is 54.6 Å². The summed E-state index contributed by atoms with van der Waals surface area (Å²) in [6.45, 7) is 6.68. The van der Waals surface area contributed by atoms with Crippen LogP contribution >= 0.6 is 0 Å². The van der Waals surface area contributed by atoms with Crippen LogP contribution in [0.3, 0.4) is 0 Å². The Morgan fingerprint density at radius 2 is 1.50 bits per heavy atom. The standard InChI is InChI=1S/C25H30N2O5/c1-15(2)16(3)24(28)26-20-13-30-23-21(14-31-22(20)23)27-25(29)17-8-7-11-19(12-17)32-18-9-5-4-6-10-18/h4-12,15-16,20-23H,13-14H2,1-3H3,(H,26,28)(H,27,29). The molecule has 0 saturated carbocycles. The van der Waals surface area contributed by atoms with Gasteiger partial charge >= 0.3 is 0 Å². The molecule has 7 heteroatoms. The van der Waals surface area contributed by atoms with Gasteiger partial charge in [-0.1, -0.05) is 45.0 Å². The average Bonchev–Trinajstić information content (AvgIpc) is 3.37. The molecule has 2 aromatic rings. The second-order valence-corrected chi connectivity index (χ2v) is 8.77. The Morgan fingerprint density at radius 1 is 0.875 bits per heavy atom. The van der Waals surface area contributed by atoms with E-state index in [0.717, 1.165) is 0 Å². The summed E-state index contributed by atoms with van der Waals surface area (Å²) in [7, 11) is 0. The first-order valence-corrected chi connectivity index (χ1v) is 11.1. The normalized spacial score (nSPS) is 25.2. The third-order valence-electron chi connectivity index (χ3n) is 6.19. The first-order chi connectivity index (χ1) is 15.4. The fourth-order valence-electron chi connectivity index (χ4n) is 3.94. The molecular weight excluding hydrogens is 408 g/mol. The molecule has 2 heterocycles. The fourth-order valence-corrected chi connectivity index (χ4v) is 3.94. The van der Waals surface area contributed by atoms with Gasteiger partial charge in [-0.15, -0.1) is 0 Å². The predicted octanol–water partition coefficient (Wildman–Crippen LogP) is 3.15. The Balaban J connectivity index is 1.35. The maximum Gasteiger partial charge on any atom is 0.251 e. The molecule has 0 aliphatic carbocycles. The molecule has 0 radical (unpaired) electrons. The van der Waals surface area contributed by atoms with E-state index >= 15 is 0 Å². The van der Waals surface area contributed by atoms with E-state index in [0.29, 0.717) is 30.3 Å². The number of amides is 2. The minimum atomic E-state index is -0.289. The van der Waals surface area contributed by atoms with Crippen LogP contribution in [0.25, 0.3) is 0 Å². The molecule has 2 aliphatic heterocycles. The lowest BCUT2D eigenvalue weighted by Crippen LogP contribution is -2.48. The van der Waals surface area contributed by atoms with E-state index in [1.54, 1.807) is 18.2 Å². The Hall–Kier alpha value is -2.90. The van der Waals surface area contributed by atoms with E-state index in [9.17, 15) is 9.59 Å². The zero-order valence-electron chi connectivity index (χ0n) is 18.6. The van der Waals surface area contributed by atoms with Gasteiger partial charge in [-0.3, -0.25) is 9.59 Å². The van der Waals surface area contributed by atoms with Crippen LogP contribution in [0.1, 0.15) is 31.1 Å². The van der Waals surface area contributed by atoms with E-state index < -0.39 is 0 Å². The van der Waals surface area contributed by atoms with Crippen molar-refractivity contribution >= 4 is 11.8 Å². The van der Waals surface area contributed by atoms with Crippen molar-refractivity contribution < 1.29 is 23.8 Å². The maximum atomic E-state index is 12.9. The molecule has 32 heavy (non-hydrogen) atoms. The molecule has 0 spiro atoms. The molecular formula is C25H30N2O5. The Kier molecular flexibility index (Phi) is 6.77. The Morgan fingerprint density at radius 3 is 2.16 bits per heavy atom. The lowest BCUT2D eigenvalue weighted by Gasteiger charge is -2.21. The van der Waals surface area contributed by atoms with Gasteiger partial charge in [0, 0.05) is 11.5 Å². The van der Waals surface area contributed by atoms with Crippen LogP contribution in [0.2, 0.25) is 0 Å². The number of carbonyl (C=O) groups is 2. The van der Waals surface area contributed by atoms with Gasteiger partial charge in [-0.05, 0) is 36.2 Å². The van der Waals surface area contributed by atoms with Crippen molar-refractivity contribution in [3.63, 3.8) is 0 Å². The molecule has 0 bridgehead atoms. The van der Waals surface area contributed by atoms with Crippen LogP contribution in [-0.4, -0.2) is 49.3 Å². The van der Waals surface area contributed by atoms with Crippen molar-refractivity contribution in [3.8, 4) is 11.5 Å². The van der Waals surface area contributed by atoms with E-state index in [1.807, 2.05) is 57.2 Å². The van der Waals surface area contributed by atoms with E-state index in [2.05, 4.69) is 10.6 Å². The summed E-state index contributed by atoms with van der Waals surface area (Å²) >= 11 is 0. The highest BCUT2D eigenvalue weighted by Crippen LogP contribution is 2.28. The number of hydrogen-bond acceptors (Lipinski definition) is 5. The summed E-state index contributed by atoms with van der Waals surface area (Å²) in [6.07, 6.45) is -0.557. The largest absolute Gasteiger partial charge is 0.457 e. The van der Waals surface area contributed by atoms with Crippen molar-refractivity contribution in [1.29, 1.82) is 0 Å². The van der Waals surface area contributed by atoms with E-state index in [4.69, 9.17) is 14.2 Å². The third kappa shape index (κ3) is 4.95. The van der Waals surface area contributed by atoms with E-state index in [-0.39, 0.29) is 47.9 Å². The molecule has 2 aromatic carbocycles. The minimum absolute atomic E-state index is 0.000525. The number of ether oxygens (including phenoxy) is 3. The molecule has 7 nitrogen and oxygen atoms in total. The van der Waals surface area contributed by atoms with Crippen molar-refractivity contribution in [3.05, 3.63) is 60.2 Å². The first-order valence-electron chi connectivity index (χ1n) is 11.1. The van der Waals surface area contributed by atoms with Crippen LogP contribution in [0.5, 0.6) is 11.5 Å². The summed E-state index contributed by atoms with van der Waals surface area (Å²) in [4.78, 5) is 25.3. The predicted molar refractivity (Wildman–Crippen MR) is 120 cm³/mol. The number of nitrogens with one attached hydrogen (secondary N) is 2. The lowest BCUT2D eigenvalue weighted by molar-refractivity contribution is -0.127. The van der Waals surface area contributed by atoms with Gasteiger partial charge in [0.15, 0.2) is 0 Å². The molecule has 2 amide bonds. The maximum absolute atomic E-state index is 12.9. The number of carbonyl (C=O) groups excluding carboxylic acids is 2. The van der Waals surface area contributed by atoms with Crippen molar-refractivity contribution in [2.45, 2.75) is 45.1 Å². The minimum Gasteiger partial charge on any atom is -0.457 e. The molecule has 2 N–H and O–H groups in total. The number of para-hydroxylation sites is 1. The fraction of sp³-hybridized carbons (Fsp3) is 0.440. The quantitative estimate of drug-likeness (QED) is 0.694. The third-order valence-corrected chi connectivity index (χ3v) is 6.19. The molecule has 5 unspecified atom stereocenters. The van der Waals surface area contributed by atoms with Crippen LogP contribution in [-0.2, 0) is 14.3 Å². The second-order valence-electron chi connectivity index (χ2n) is 8.77. The number of hydrogen-bond donors (Lipinski definition) is 2. The van der Waals surface area contributed by atoms with Crippen LogP contribution in [0.4, 0.5) is 0 Å². The highest BCUT2D eigenvalue weighted by Gasteiger charge is 2.48. The van der Waals surface area contributed by atoms with Crippen molar-refractivity contribution in [1.82, 2.24) is 10.6 Å². The summed E-state index contributed by atoms with van der Waals surface area (Å²) in [5, 5.41) is 6.06. The van der Waals surface area contributed by atoms with Gasteiger partial charge in [0.2, 0.25) is 5.91 Å². The van der Waals surface area contributed by atoms with Gasteiger partial charge in [0.1, 0.15) is 23.7 Å². The summed E-state index contributed by atoms with van der Waals surface area (Å²) in [5.74, 6) is 1.24. The average molecular weight is 439 g/mol. The summed E-state index contributed by atoms with van der Waals surface area (Å²) in [6, 6.07) is 16.0. The molecule has 2 fully saturated rings. The molecule has 2 saturated heterocycles. The number of rotatable bonds is 7. The molecule has 170 valence electrons. The second kappa shape index (κ2) is 9.71. The van der Waals surface area contributed by atoms with Gasteiger partial charge < -0.3 is 24.8 Å². The van der Waals surface area contributed by atoms with Crippen LogP contribution in [0, 0.1) is 11.8 Å². The number of benzene rings is 2. The van der Waals surface area contributed by atoms with Gasteiger partial charge in [-0.25, -0.2) is 0 Å². The SMILES string of the molecule is CC(C)C(C)C(=O)NC1COC2C(NC(=O)c3cccc(Oc4ccccc4)c3)COC12. The Bertz CT molecular complexity index is 948. The smallest absolute Gasteiger partial charge is 0.251 e. The Labute approximate surface area is 188 Å². The summed E-state index contributed by atoms with van der Waals surface area (Å²) in [5.41, 5.74) is 0.496. The zero-order chi connectivity index (χ0) is 22.7. The van der Waals surface area contributed by atoms with Crippen molar-refractivity contribution in [2.75, 3.05) is 13.2 Å². The lowest BCUT2D eigenvalue weighted by atomic mass is 9.96. The molecule has 2 aliphatic rings. The summed E-state index contributed by atoms with van der Waals surface area (Å²) < 4.78 is 17.6. The van der Waals surface area contributed by atoms with Gasteiger partial charge in [-0.2, -0.15) is 0 Å². The highest BCUT2D eigenvalue weighted by molar-refractivity contribution is 5.94. The number of fused-ring (bicyclic) bond motifs is 1. The topological polar surface area (TPSA) is 85.9 Å².